The summed E-state index contributed by atoms with van der Waals surface area (Å²) in [4.78, 5) is 12.3. The lowest BCUT2D eigenvalue weighted by atomic mass is 9.96. The van der Waals surface area contributed by atoms with E-state index in [4.69, 9.17) is 23.2 Å². The van der Waals surface area contributed by atoms with Crippen LogP contribution in [0.4, 0.5) is 0 Å². The lowest BCUT2D eigenvalue weighted by molar-refractivity contribution is -0.144. The summed E-state index contributed by atoms with van der Waals surface area (Å²) >= 11 is 13.6. The number of hydrogen-bond acceptors (Lipinski definition) is 3. The third-order valence-electron chi connectivity index (χ3n) is 2.96. The second kappa shape index (κ2) is 7.55. The van der Waals surface area contributed by atoms with Crippen molar-refractivity contribution in [3.8, 4) is 0 Å². The topological polar surface area (TPSA) is 49.3 Å². The number of carboxylic acid groups (broad SMARTS) is 1. The maximum atomic E-state index is 11.4. The summed E-state index contributed by atoms with van der Waals surface area (Å²) in [5, 5.41) is 13.7. The first kappa shape index (κ1) is 17.6. The zero-order chi connectivity index (χ0) is 15.3. The molecule has 0 aromatic heterocycles. The molecule has 0 radical (unpaired) electrons. The second-order valence-electron chi connectivity index (χ2n) is 4.87. The number of carboxylic acids is 1. The van der Waals surface area contributed by atoms with Crippen molar-refractivity contribution >= 4 is 40.9 Å². The van der Waals surface area contributed by atoms with Crippen molar-refractivity contribution in [2.75, 3.05) is 6.54 Å². The molecule has 2 N–H and O–H groups in total. The second-order valence-corrected chi connectivity index (χ2v) is 7.20. The van der Waals surface area contributed by atoms with E-state index in [1.54, 1.807) is 25.1 Å². The minimum absolute atomic E-state index is 0.0890. The first-order valence-corrected chi connectivity index (χ1v) is 8.02. The van der Waals surface area contributed by atoms with Crippen molar-refractivity contribution in [3.63, 3.8) is 0 Å². The summed E-state index contributed by atoms with van der Waals surface area (Å²) in [6, 6.07) is 5.29. The van der Waals surface area contributed by atoms with E-state index in [2.05, 4.69) is 5.32 Å². The molecule has 0 aliphatic heterocycles. The van der Waals surface area contributed by atoms with Gasteiger partial charge in [-0.2, -0.15) is 0 Å². The van der Waals surface area contributed by atoms with E-state index >= 15 is 0 Å². The number of hydrogen-bond donors (Lipinski definition) is 2. The number of rotatable bonds is 7. The Morgan fingerprint density at radius 1 is 1.50 bits per heavy atom. The van der Waals surface area contributed by atoms with Gasteiger partial charge >= 0.3 is 5.97 Å². The van der Waals surface area contributed by atoms with Gasteiger partial charge in [-0.15, -0.1) is 11.8 Å². The van der Waals surface area contributed by atoms with Crippen LogP contribution in [0.1, 0.15) is 27.2 Å². The van der Waals surface area contributed by atoms with Crippen molar-refractivity contribution < 1.29 is 9.90 Å². The van der Waals surface area contributed by atoms with E-state index < -0.39 is 11.5 Å². The molecule has 0 amide bonds. The van der Waals surface area contributed by atoms with Crippen LogP contribution in [0.25, 0.3) is 0 Å². The smallest absolute Gasteiger partial charge is 0.323 e. The van der Waals surface area contributed by atoms with E-state index in [1.807, 2.05) is 13.8 Å². The summed E-state index contributed by atoms with van der Waals surface area (Å²) in [6.07, 6.45) is 0.490. The van der Waals surface area contributed by atoms with Gasteiger partial charge in [-0.05, 0) is 38.1 Å². The molecular formula is C14H19Cl2NO2S. The molecule has 112 valence electrons. The number of thioether (sulfide) groups is 1. The van der Waals surface area contributed by atoms with Crippen LogP contribution in [-0.2, 0) is 4.79 Å². The maximum Gasteiger partial charge on any atom is 0.323 e. The lowest BCUT2D eigenvalue weighted by Gasteiger charge is -2.28. The van der Waals surface area contributed by atoms with E-state index in [0.29, 0.717) is 23.0 Å². The molecule has 0 saturated heterocycles. The summed E-state index contributed by atoms with van der Waals surface area (Å²) in [7, 11) is 0. The van der Waals surface area contributed by atoms with Crippen LogP contribution in [0.3, 0.4) is 0 Å². The fraction of sp³-hybridized carbons (Fsp3) is 0.500. The van der Waals surface area contributed by atoms with Gasteiger partial charge in [0, 0.05) is 15.2 Å². The highest BCUT2D eigenvalue weighted by molar-refractivity contribution is 8.00. The van der Waals surface area contributed by atoms with Gasteiger partial charge in [0.1, 0.15) is 5.54 Å². The molecule has 1 aromatic carbocycles. The summed E-state index contributed by atoms with van der Waals surface area (Å²) in [6.45, 7) is 6.20. The van der Waals surface area contributed by atoms with Crippen molar-refractivity contribution in [1.82, 2.24) is 5.32 Å². The molecule has 6 heteroatoms. The molecule has 0 aliphatic carbocycles. The van der Waals surface area contributed by atoms with Crippen LogP contribution in [-0.4, -0.2) is 28.4 Å². The fourth-order valence-corrected chi connectivity index (χ4v) is 3.74. The first-order chi connectivity index (χ1) is 9.28. The minimum atomic E-state index is -0.938. The molecule has 2 atom stereocenters. The van der Waals surface area contributed by atoms with Crippen LogP contribution in [0, 0.1) is 0 Å². The van der Waals surface area contributed by atoms with Gasteiger partial charge in [-0.1, -0.05) is 37.0 Å². The Labute approximate surface area is 134 Å². The Hall–Kier alpha value is -0.420. The predicted molar refractivity (Wildman–Crippen MR) is 86.1 cm³/mol. The average Bonchev–Trinajstić information content (AvgIpc) is 2.33. The number of aliphatic carboxylic acids is 1. The van der Waals surface area contributed by atoms with Crippen LogP contribution in [0.15, 0.2) is 23.1 Å². The summed E-state index contributed by atoms with van der Waals surface area (Å²) in [5.74, 6) is -0.844. The highest BCUT2D eigenvalue weighted by Crippen LogP contribution is 2.35. The third-order valence-corrected chi connectivity index (χ3v) is 4.79. The average molecular weight is 336 g/mol. The number of nitrogens with one attached hydrogen (secondary N) is 1. The van der Waals surface area contributed by atoms with E-state index in [0.717, 1.165) is 4.90 Å². The van der Waals surface area contributed by atoms with Crippen molar-refractivity contribution in [2.45, 2.75) is 42.9 Å². The molecule has 0 saturated carbocycles. The molecule has 0 heterocycles. The normalized spacial score (nSPS) is 15.7. The first-order valence-electron chi connectivity index (χ1n) is 6.38. The molecule has 1 rings (SSSR count). The molecule has 1 aromatic rings. The Kier molecular flexibility index (Phi) is 6.65. The molecule has 0 aliphatic rings. The highest BCUT2D eigenvalue weighted by Gasteiger charge is 2.34. The van der Waals surface area contributed by atoms with Gasteiger partial charge < -0.3 is 10.4 Å². The Morgan fingerprint density at radius 2 is 2.15 bits per heavy atom. The van der Waals surface area contributed by atoms with Crippen molar-refractivity contribution in [3.05, 3.63) is 28.2 Å². The number of halogens is 2. The Bertz CT molecular complexity index is 484. The quantitative estimate of drug-likeness (QED) is 0.728. The molecule has 0 fully saturated rings. The van der Waals surface area contributed by atoms with Crippen molar-refractivity contribution in [2.24, 2.45) is 0 Å². The minimum Gasteiger partial charge on any atom is -0.480 e. The summed E-state index contributed by atoms with van der Waals surface area (Å²) < 4.78 is 0. The molecule has 2 unspecified atom stereocenters. The summed E-state index contributed by atoms with van der Waals surface area (Å²) in [5.41, 5.74) is -0.938. The van der Waals surface area contributed by atoms with Gasteiger partial charge in [0.15, 0.2) is 0 Å². The van der Waals surface area contributed by atoms with Crippen molar-refractivity contribution in [1.29, 1.82) is 0 Å². The third kappa shape index (κ3) is 4.85. The Balaban J connectivity index is 2.78. The largest absolute Gasteiger partial charge is 0.480 e. The fourth-order valence-electron chi connectivity index (χ4n) is 2.03. The zero-order valence-corrected chi connectivity index (χ0v) is 14.1. The van der Waals surface area contributed by atoms with Gasteiger partial charge in [0.2, 0.25) is 0 Å². The Morgan fingerprint density at radius 3 is 2.70 bits per heavy atom. The molecule has 0 spiro atoms. The number of likely N-dealkylation sites (N-methyl/N-ethyl adjacent to an activating group) is 1. The van der Waals surface area contributed by atoms with Gasteiger partial charge in [-0.25, -0.2) is 0 Å². The standard InChI is InChI=1S/C14H19Cl2NO2S/c1-4-17-14(3,13(18)19)8-9(2)20-12-7-10(15)5-6-11(12)16/h5-7,9,17H,4,8H2,1-3H3,(H,18,19). The van der Waals surface area contributed by atoms with E-state index in [9.17, 15) is 9.90 Å². The molecule has 20 heavy (non-hydrogen) atoms. The molecular weight excluding hydrogens is 317 g/mol. The number of benzene rings is 1. The van der Waals surface area contributed by atoms with Gasteiger partial charge in [0.05, 0.1) is 5.02 Å². The maximum absolute atomic E-state index is 11.4. The van der Waals surface area contributed by atoms with Crippen LogP contribution < -0.4 is 5.32 Å². The van der Waals surface area contributed by atoms with E-state index in [-0.39, 0.29) is 5.25 Å². The lowest BCUT2D eigenvalue weighted by Crippen LogP contribution is -2.50. The monoisotopic (exact) mass is 335 g/mol. The van der Waals surface area contributed by atoms with Gasteiger partial charge in [-0.3, -0.25) is 4.79 Å². The van der Waals surface area contributed by atoms with Crippen LogP contribution >= 0.6 is 35.0 Å². The molecule has 3 nitrogen and oxygen atoms in total. The van der Waals surface area contributed by atoms with Gasteiger partial charge in [0.25, 0.3) is 0 Å². The van der Waals surface area contributed by atoms with Crippen LogP contribution in [0.2, 0.25) is 10.0 Å². The zero-order valence-electron chi connectivity index (χ0n) is 11.7. The SMILES string of the molecule is CCNC(C)(CC(C)Sc1cc(Cl)ccc1Cl)C(=O)O. The van der Waals surface area contributed by atoms with E-state index in [1.165, 1.54) is 11.8 Å². The highest BCUT2D eigenvalue weighted by atomic mass is 35.5. The van der Waals surface area contributed by atoms with Crippen LogP contribution in [0.5, 0.6) is 0 Å². The molecule has 0 bridgehead atoms. The number of carbonyl (C=O) groups is 1. The predicted octanol–water partition coefficient (Wildman–Crippen LogP) is 4.32.